The van der Waals surface area contributed by atoms with Gasteiger partial charge in [-0.1, -0.05) is 17.7 Å². The van der Waals surface area contributed by atoms with Crippen molar-refractivity contribution in [3.63, 3.8) is 0 Å². The third-order valence-electron chi connectivity index (χ3n) is 9.33. The molecule has 32 nitrogen and oxygen atoms in total. The van der Waals surface area contributed by atoms with Crippen LogP contribution < -0.4 is 20.9 Å². The number of Topliss-reactive ketones (excluding diaryl/α,β-unsaturated/α-hetero) is 1. The molecule has 0 saturated carbocycles. The molecule has 0 bridgehead atoms. The number of carboxylic acids is 2. The number of aromatic carboxylic acids is 2. The molecule has 0 aliphatic heterocycles. The van der Waals surface area contributed by atoms with E-state index in [-0.39, 0.29) is 89.6 Å². The number of nitriles is 2. The minimum absolute atomic E-state index is 0. The largest absolute Gasteiger partial charge is 0.500 e. The number of carbonyl (C=O) groups excluding carboxylic acids is 2. The zero-order chi connectivity index (χ0) is 65.3. The summed E-state index contributed by atoms with van der Waals surface area (Å²) in [4.78, 5) is 78.2. The van der Waals surface area contributed by atoms with Crippen LogP contribution in [0, 0.1) is 66.1 Å². The van der Waals surface area contributed by atoms with Gasteiger partial charge in [-0.05, 0) is 108 Å². The first-order valence-electron chi connectivity index (χ1n) is 24.7. The predicted octanol–water partition coefficient (Wildman–Crippen LogP) is 2.05. The summed E-state index contributed by atoms with van der Waals surface area (Å²) in [7, 11) is -0.0654. The minimum Gasteiger partial charge on any atom is -0.500 e. The number of esters is 1. The molecule has 0 spiro atoms. The first-order valence-corrected chi connectivity index (χ1v) is 25.6. The number of aryl methyl sites for hydroxylation is 1. The van der Waals surface area contributed by atoms with Crippen molar-refractivity contribution in [3.8, 4) is 35.2 Å². The number of ketones is 1. The summed E-state index contributed by atoms with van der Waals surface area (Å²) in [6, 6.07) is 29.7. The molecule has 2 radical (unpaired) electrons. The summed E-state index contributed by atoms with van der Waals surface area (Å²) in [5.74, 6) is -3.32. The Balaban J connectivity index is 0.00000104. The van der Waals surface area contributed by atoms with Gasteiger partial charge in [-0.25, -0.2) is 24.4 Å². The number of nitrogens with zero attached hydrogens (tertiary/aromatic N) is 16. The monoisotopic (exact) mass is 1480 g/mol. The van der Waals surface area contributed by atoms with Crippen molar-refractivity contribution >= 4 is 60.3 Å². The summed E-state index contributed by atoms with van der Waals surface area (Å²) in [6.07, 6.45) is 13.7. The Kier molecular flexibility index (Phi) is 36.4. The molecule has 0 fully saturated rings. The number of nitrogens with one attached hydrogen (secondary N) is 3. The second kappa shape index (κ2) is 42.7. The van der Waals surface area contributed by atoms with Gasteiger partial charge in [0.05, 0.1) is 19.4 Å². The third-order valence-corrected chi connectivity index (χ3v) is 10.9. The maximum atomic E-state index is 12.3. The molecular formula is C53H51BClN20O12SU+. The summed E-state index contributed by atoms with van der Waals surface area (Å²) in [6.45, 7) is 7.26. The van der Waals surface area contributed by atoms with E-state index < -0.39 is 50.2 Å². The van der Waals surface area contributed by atoms with Gasteiger partial charge in [-0.15, -0.1) is 32.8 Å². The molecule has 89 heavy (non-hydrogen) atoms. The summed E-state index contributed by atoms with van der Waals surface area (Å²) < 4.78 is 40.0. The normalized spacial score (nSPS) is 9.60. The fourth-order valence-corrected chi connectivity index (χ4v) is 6.58. The maximum Gasteiger partial charge on any atom is 0.424 e. The zero-order valence-corrected chi connectivity index (χ0v) is 52.8. The van der Waals surface area contributed by atoms with Gasteiger partial charge in [-0.2, -0.15) is 49.5 Å². The summed E-state index contributed by atoms with van der Waals surface area (Å²) >= 11 is 0. The number of aromatic amines is 2. The molecule has 0 aliphatic rings. The Morgan fingerprint density at radius 3 is 1.51 bits per heavy atom. The van der Waals surface area contributed by atoms with Crippen LogP contribution in [0.25, 0.3) is 23.0 Å². The number of aromatic nitrogens is 16. The van der Waals surface area contributed by atoms with Gasteiger partial charge in [-0.3, -0.25) is 19.8 Å². The number of nitrogen functional groups attached to an aromatic ring is 1. The summed E-state index contributed by atoms with van der Waals surface area (Å²) in [5.41, 5.74) is 5.23. The zero-order valence-electron chi connectivity index (χ0n) is 48.0. The van der Waals surface area contributed by atoms with Crippen LogP contribution in [0.4, 0.5) is 0 Å². The van der Waals surface area contributed by atoms with Gasteiger partial charge in [0.15, 0.2) is 29.2 Å². The molecule has 0 amide bonds. The van der Waals surface area contributed by atoms with E-state index in [4.69, 9.17) is 38.0 Å². The second-order valence-corrected chi connectivity index (χ2v) is 17.1. The van der Waals surface area contributed by atoms with Crippen molar-refractivity contribution in [1.82, 2.24) is 76.0 Å². The van der Waals surface area contributed by atoms with Crippen LogP contribution in [0.5, 0.6) is 0 Å². The van der Waals surface area contributed by atoms with E-state index in [1.54, 1.807) is 93.0 Å². The Bertz CT molecular complexity index is 3890. The van der Waals surface area contributed by atoms with E-state index in [1.165, 1.54) is 62.2 Å². The fourth-order valence-electron chi connectivity index (χ4n) is 5.36. The Labute approximate surface area is 538 Å². The van der Waals surface area contributed by atoms with Crippen LogP contribution in [0.3, 0.4) is 0 Å². The molecule has 1 aromatic carbocycles. The molecule has 0 unspecified atom stereocenters. The first kappa shape index (κ1) is 75.9. The van der Waals surface area contributed by atoms with Crippen molar-refractivity contribution in [2.75, 3.05) is 13.2 Å². The first-order chi connectivity index (χ1) is 42.3. The van der Waals surface area contributed by atoms with Crippen molar-refractivity contribution in [2.45, 2.75) is 32.6 Å². The van der Waals surface area contributed by atoms with Crippen LogP contribution >= 0.6 is 12.4 Å². The van der Waals surface area contributed by atoms with E-state index in [1.807, 2.05) is 25.1 Å². The number of rotatable bonds is 12. The predicted molar refractivity (Wildman–Crippen MR) is 312 cm³/mol. The van der Waals surface area contributed by atoms with Crippen molar-refractivity contribution < 1.29 is 82.5 Å². The van der Waals surface area contributed by atoms with Crippen LogP contribution in [0.15, 0.2) is 179 Å². The van der Waals surface area contributed by atoms with Gasteiger partial charge in [0.1, 0.15) is 56.8 Å². The minimum atomic E-state index is -3.82. The molecule has 9 rings (SSSR count). The number of ether oxygens (including phenoxy) is 2. The van der Waals surface area contributed by atoms with E-state index >= 15 is 0 Å². The Morgan fingerprint density at radius 2 is 1.17 bits per heavy atom. The van der Waals surface area contributed by atoms with Gasteiger partial charge in [0.2, 0.25) is 0 Å². The van der Waals surface area contributed by atoms with E-state index in [0.717, 1.165) is 28.3 Å². The maximum absolute atomic E-state index is 12.3. The standard InChI is InChI=1S/C12H10N3O2S.2C9H6N4O3.C9H14O4.C5H6N4.C5H3N3.C4H4N2.BH.ClH.U/c1-10-4-6-12(7-5-10)18(16,17)15-11(9-13)3-2-8-14-15;2*14-8-5(9(15)16)4-10-7(12-8)6-2-1-3-11-13-6;1-4-12-6-8(7(3)10)9(11)13-5-2;6-5(7)4-2-1-3-8-9-4;6-4-5-2-1-3-7-8-5;1-2-4-6-5-3-1;;;/h2-8H,1H3;2*1-4H,(H,15,16)(H,10,12,14);6H,4-5H2,1-3H3;1-3H,(H3,6,7);1-3H;1-4H;2*1H;/q+1;;;;;;;;;/b;;;8-6-;;;;;;/i;;;;;;;1D;;. The molecule has 0 atom stereocenters. The van der Waals surface area contributed by atoms with Crippen LogP contribution in [0.1, 0.15) is 64.1 Å². The van der Waals surface area contributed by atoms with Crippen LogP contribution in [0.2, 0.25) is 0 Å². The smallest absolute Gasteiger partial charge is 0.424 e. The second-order valence-electron chi connectivity index (χ2n) is 15.4. The van der Waals surface area contributed by atoms with Crippen molar-refractivity contribution in [1.29, 1.82) is 17.3 Å². The molecule has 8 aromatic heterocycles. The molecule has 7 N–H and O–H groups in total. The Morgan fingerprint density at radius 1 is 0.697 bits per heavy atom. The number of hydrogen-bond donors (Lipinski definition) is 6. The quantitative estimate of drug-likeness (QED) is 0.0117. The van der Waals surface area contributed by atoms with E-state index in [9.17, 15) is 37.2 Å². The number of amidine groups is 1. The van der Waals surface area contributed by atoms with E-state index in [2.05, 4.69) is 89.1 Å². The van der Waals surface area contributed by atoms with Crippen molar-refractivity contribution in [3.05, 3.63) is 219 Å². The third kappa shape index (κ3) is 27.6. The van der Waals surface area contributed by atoms with Crippen molar-refractivity contribution in [2.24, 2.45) is 5.73 Å². The van der Waals surface area contributed by atoms with E-state index in [0.29, 0.717) is 29.4 Å². The number of benzene rings is 1. The van der Waals surface area contributed by atoms with Gasteiger partial charge < -0.3 is 35.4 Å². The molecule has 8 heterocycles. The Hall–Kier alpha value is -11.1. The number of nitrogens with two attached hydrogens (primary N) is 1. The molecule has 36 heteroatoms. The van der Waals surface area contributed by atoms with Gasteiger partial charge in [0.25, 0.3) is 11.1 Å². The number of H-pyrrole nitrogens is 2. The van der Waals surface area contributed by atoms with Gasteiger partial charge in [0, 0.05) is 104 Å². The summed E-state index contributed by atoms with van der Waals surface area (Å²) in [5, 5.41) is 80.9. The average molecular weight is 1480 g/mol. The molecular weight excluding hydrogens is 1430 g/mol. The van der Waals surface area contributed by atoms with Crippen LogP contribution in [-0.2, 0) is 29.1 Å². The molecule has 454 valence electrons. The van der Waals surface area contributed by atoms with Gasteiger partial charge >= 0.3 is 33.6 Å². The topological polar surface area (TPSA) is 496 Å². The number of hydrogen-bond acceptors (Lipinski definition) is 26. The average Bonchev–Trinajstić information content (AvgIpc) is 1.79. The van der Waals surface area contributed by atoms with Crippen LogP contribution in [-0.4, -0.2) is 147 Å². The number of halogens is 1. The SMILES string of the molecule is CCO/C=C(/C(C)=O)C(=O)OCC.Cc1ccc(S(=O)(=O)[n+]2ncccc2C#N)cc1.Cl.N#Cc1cccnn1.N=C(N)c1cccnn1.O=C(O)c1cnc(-c2cccnn2)[nH]c1=O.O=C(O)c1cnc(-c2cccnn2)[nH]c1=O.[2H][B].[U].c1ccnnc1. The number of carbonyl (C=O) groups is 4. The fraction of sp³-hybridized carbons (Fsp3) is 0.113. The molecule has 9 aromatic rings. The molecule has 0 saturated heterocycles. The number of carboxylic acid groups (broad SMARTS) is 2. The molecule has 0 aliphatic carbocycles.